The fraction of sp³-hybridized carbons (Fsp3) is 0.569. The number of esters is 3. The molecule has 0 aromatic rings. The Bertz CT molecular complexity index is 1430. The van der Waals surface area contributed by atoms with Crippen LogP contribution in [0.5, 0.6) is 0 Å². The molecule has 0 heterocycles. The predicted octanol–water partition coefficient (Wildman–Crippen LogP) is 16.7. The Balaban J connectivity index is 4.45. The van der Waals surface area contributed by atoms with Crippen LogP contribution in [0.25, 0.3) is 0 Å². The van der Waals surface area contributed by atoms with Gasteiger partial charge >= 0.3 is 17.9 Å². The van der Waals surface area contributed by atoms with E-state index in [0.717, 1.165) is 109 Å². The zero-order valence-corrected chi connectivity index (χ0v) is 40.7. The molecule has 6 nitrogen and oxygen atoms in total. The minimum absolute atomic E-state index is 0.122. The van der Waals surface area contributed by atoms with E-state index < -0.39 is 12.1 Å². The summed E-state index contributed by atoms with van der Waals surface area (Å²) in [5, 5.41) is 0. The van der Waals surface area contributed by atoms with Crippen LogP contribution in [-0.4, -0.2) is 37.2 Å². The fourth-order valence-corrected chi connectivity index (χ4v) is 6.31. The number of carbonyl (C=O) groups excluding carboxylic acids is 3. The first kappa shape index (κ1) is 59.5. The Kier molecular flexibility index (Phi) is 47.6. The maximum absolute atomic E-state index is 12.8. The van der Waals surface area contributed by atoms with Crippen LogP contribution in [-0.2, 0) is 28.6 Å². The van der Waals surface area contributed by atoms with E-state index in [1.165, 1.54) is 44.9 Å². The Morgan fingerprint density at radius 3 is 1.23 bits per heavy atom. The van der Waals surface area contributed by atoms with Crippen LogP contribution in [0, 0.1) is 0 Å². The third-order valence-electron chi connectivity index (χ3n) is 10.0. The van der Waals surface area contributed by atoms with Crippen LogP contribution in [0.4, 0.5) is 0 Å². The zero-order chi connectivity index (χ0) is 46.5. The molecule has 0 aliphatic rings. The third-order valence-corrected chi connectivity index (χ3v) is 10.0. The molecular weight excluding hydrogens is 793 g/mol. The highest BCUT2D eigenvalue weighted by atomic mass is 16.6. The summed E-state index contributed by atoms with van der Waals surface area (Å²) >= 11 is 0. The van der Waals surface area contributed by atoms with Gasteiger partial charge in [0.25, 0.3) is 0 Å². The summed E-state index contributed by atoms with van der Waals surface area (Å²) < 4.78 is 16.6. The molecule has 0 aliphatic carbocycles. The fourth-order valence-electron chi connectivity index (χ4n) is 6.31. The molecule has 64 heavy (non-hydrogen) atoms. The van der Waals surface area contributed by atoms with Gasteiger partial charge in [0.05, 0.1) is 6.42 Å². The molecule has 0 N–H and O–H groups in total. The van der Waals surface area contributed by atoms with E-state index in [1.807, 2.05) is 42.5 Å². The summed E-state index contributed by atoms with van der Waals surface area (Å²) in [4.78, 5) is 37.8. The van der Waals surface area contributed by atoms with E-state index >= 15 is 0 Å². The first-order chi connectivity index (χ1) is 31.5. The van der Waals surface area contributed by atoms with Crippen LogP contribution in [0.15, 0.2) is 134 Å². The van der Waals surface area contributed by atoms with Crippen molar-refractivity contribution in [3.05, 3.63) is 134 Å². The molecule has 0 aromatic carbocycles. The van der Waals surface area contributed by atoms with Gasteiger partial charge in [-0.25, -0.2) is 0 Å². The monoisotopic (exact) mass is 883 g/mol. The Labute approximate surface area is 392 Å². The van der Waals surface area contributed by atoms with Crippen molar-refractivity contribution < 1.29 is 28.6 Å². The van der Waals surface area contributed by atoms with Crippen LogP contribution in [0.2, 0.25) is 0 Å². The van der Waals surface area contributed by atoms with Gasteiger partial charge in [-0.3, -0.25) is 14.4 Å². The van der Waals surface area contributed by atoms with Crippen molar-refractivity contribution in [2.75, 3.05) is 13.2 Å². The molecule has 0 bridgehead atoms. The van der Waals surface area contributed by atoms with Crippen molar-refractivity contribution >= 4 is 17.9 Å². The normalized spacial score (nSPS) is 13.2. The predicted molar refractivity (Wildman–Crippen MR) is 274 cm³/mol. The minimum Gasteiger partial charge on any atom is -0.462 e. The molecule has 0 amide bonds. The lowest BCUT2D eigenvalue weighted by atomic mass is 10.1. The summed E-state index contributed by atoms with van der Waals surface area (Å²) in [5.41, 5.74) is 0. The summed E-state index contributed by atoms with van der Waals surface area (Å²) in [6.07, 6.45) is 71.8. The number of unbranched alkanes of at least 4 members (excludes halogenated alkanes) is 15. The summed E-state index contributed by atoms with van der Waals surface area (Å²) in [5.74, 6) is -1.09. The van der Waals surface area contributed by atoms with Crippen molar-refractivity contribution in [2.24, 2.45) is 0 Å². The lowest BCUT2D eigenvalue weighted by molar-refractivity contribution is -0.166. The van der Waals surface area contributed by atoms with Crippen molar-refractivity contribution in [2.45, 2.75) is 200 Å². The van der Waals surface area contributed by atoms with Gasteiger partial charge in [-0.1, -0.05) is 225 Å². The van der Waals surface area contributed by atoms with Gasteiger partial charge in [0.15, 0.2) is 6.10 Å². The average molecular weight is 883 g/mol. The van der Waals surface area contributed by atoms with Crippen LogP contribution < -0.4 is 0 Å². The number of allylic oxidation sites excluding steroid dienone is 21. The molecule has 0 rings (SSSR count). The van der Waals surface area contributed by atoms with Crippen LogP contribution >= 0.6 is 0 Å². The molecule has 0 aromatic heterocycles. The topological polar surface area (TPSA) is 78.9 Å². The number of rotatable bonds is 43. The number of carbonyl (C=O) groups is 3. The van der Waals surface area contributed by atoms with Gasteiger partial charge in [0, 0.05) is 12.8 Å². The largest absolute Gasteiger partial charge is 0.462 e. The highest BCUT2D eigenvalue weighted by Gasteiger charge is 2.19. The molecule has 0 aliphatic heterocycles. The van der Waals surface area contributed by atoms with Gasteiger partial charge in [-0.15, -0.1) is 0 Å². The molecule has 0 fully saturated rings. The maximum atomic E-state index is 12.8. The van der Waals surface area contributed by atoms with Gasteiger partial charge in [0.2, 0.25) is 0 Å². The molecule has 0 saturated heterocycles. The van der Waals surface area contributed by atoms with E-state index in [1.54, 1.807) is 6.08 Å². The Hall–Kier alpha value is -4.45. The minimum atomic E-state index is -0.833. The second-order valence-corrected chi connectivity index (χ2v) is 16.1. The smallest absolute Gasteiger partial charge is 0.309 e. The van der Waals surface area contributed by atoms with E-state index in [0.29, 0.717) is 6.42 Å². The molecule has 1 unspecified atom stereocenters. The summed E-state index contributed by atoms with van der Waals surface area (Å²) in [7, 11) is 0. The van der Waals surface area contributed by atoms with Gasteiger partial charge in [0.1, 0.15) is 13.2 Å². The zero-order valence-electron chi connectivity index (χ0n) is 40.7. The van der Waals surface area contributed by atoms with E-state index in [4.69, 9.17) is 14.2 Å². The second kappa shape index (κ2) is 51.2. The highest BCUT2D eigenvalue weighted by Crippen LogP contribution is 2.13. The molecule has 0 spiro atoms. The van der Waals surface area contributed by atoms with E-state index in [9.17, 15) is 14.4 Å². The van der Waals surface area contributed by atoms with Crippen LogP contribution in [0.1, 0.15) is 194 Å². The lowest BCUT2D eigenvalue weighted by Gasteiger charge is -2.18. The van der Waals surface area contributed by atoms with Crippen molar-refractivity contribution in [3.8, 4) is 0 Å². The lowest BCUT2D eigenvalue weighted by Crippen LogP contribution is -2.30. The first-order valence-corrected chi connectivity index (χ1v) is 25.3. The SMILES string of the molecule is CC/C=C\C/C=C\C/C=C\CCCCCCCCCCCC(=O)OCC(COC(=O)C/C=C\C/C=C\C/C=C\CC)OC(=O)CCCCCCC\C=C/C=C\C=C/C=C\C=C/CCC. The Morgan fingerprint density at radius 2 is 0.734 bits per heavy atom. The second-order valence-electron chi connectivity index (χ2n) is 16.1. The van der Waals surface area contributed by atoms with Crippen molar-refractivity contribution in [3.63, 3.8) is 0 Å². The molecular formula is C58H90O6. The summed E-state index contributed by atoms with van der Waals surface area (Å²) in [6.45, 7) is 6.17. The Morgan fingerprint density at radius 1 is 0.359 bits per heavy atom. The third kappa shape index (κ3) is 48.6. The van der Waals surface area contributed by atoms with Gasteiger partial charge in [-0.2, -0.15) is 0 Å². The number of ether oxygens (including phenoxy) is 3. The average Bonchev–Trinajstić information content (AvgIpc) is 3.29. The van der Waals surface area contributed by atoms with Crippen molar-refractivity contribution in [1.82, 2.24) is 0 Å². The summed E-state index contributed by atoms with van der Waals surface area (Å²) in [6, 6.07) is 0. The van der Waals surface area contributed by atoms with E-state index in [2.05, 4.69) is 106 Å². The number of hydrogen-bond acceptors (Lipinski definition) is 6. The maximum Gasteiger partial charge on any atom is 0.309 e. The molecule has 0 saturated carbocycles. The highest BCUT2D eigenvalue weighted by molar-refractivity contribution is 5.72. The molecule has 358 valence electrons. The standard InChI is InChI=1S/C58H90O6/c1-4-7-10-13-16-19-21-23-25-27-29-31-32-34-36-39-42-45-48-51-57(60)63-54-55(53-62-56(59)50-47-44-41-38-18-15-12-9-6-3)64-58(61)52-49-46-43-40-37-35-33-30-28-26-24-22-20-17-14-11-8-5-2/h7,9-12,14,16-20,22-26,28,30,33,38,44,47,55H,4-6,8,13,15,21,27,29,31-32,34-37,39-43,45-46,48-54H2,1-3H3/b10-7-,12-9-,14-11-,19-16-,20-17-,24-22-,25-23-,28-26-,33-30-,38-18-,47-44-. The first-order valence-electron chi connectivity index (χ1n) is 25.3. The van der Waals surface area contributed by atoms with Crippen molar-refractivity contribution in [1.29, 1.82) is 0 Å². The molecule has 0 radical (unpaired) electrons. The molecule has 6 heteroatoms. The quantitative estimate of drug-likeness (QED) is 0.0200. The van der Waals surface area contributed by atoms with Gasteiger partial charge in [-0.05, 0) is 83.5 Å². The molecule has 1 atom stereocenters. The van der Waals surface area contributed by atoms with E-state index in [-0.39, 0.29) is 38.0 Å². The van der Waals surface area contributed by atoms with Gasteiger partial charge < -0.3 is 14.2 Å². The van der Waals surface area contributed by atoms with Crippen LogP contribution in [0.3, 0.4) is 0 Å². The number of hydrogen-bond donors (Lipinski definition) is 0.